The van der Waals surface area contributed by atoms with Crippen molar-refractivity contribution in [2.24, 2.45) is 0 Å². The van der Waals surface area contributed by atoms with Crippen LogP contribution in [0.5, 0.6) is 0 Å². The van der Waals surface area contributed by atoms with Crippen LogP contribution in [-0.4, -0.2) is 28.7 Å². The molecule has 1 N–H and O–H groups in total. The molecule has 6 heteroatoms. The number of benzene rings is 2. The Morgan fingerprint density at radius 3 is 2.00 bits per heavy atom. The summed E-state index contributed by atoms with van der Waals surface area (Å²) in [6.07, 6.45) is 0. The fourth-order valence-electron chi connectivity index (χ4n) is 2.85. The Bertz CT molecular complexity index is 813. The van der Waals surface area contributed by atoms with E-state index in [0.29, 0.717) is 11.1 Å². The Balaban J connectivity index is 1.74. The summed E-state index contributed by atoms with van der Waals surface area (Å²) in [5.74, 6) is -1.23. The Hall–Kier alpha value is -2.47. The quantitative estimate of drug-likeness (QED) is 0.800. The fourth-order valence-corrected chi connectivity index (χ4v) is 3.11. The molecule has 3 rings (SSSR count). The number of halogens is 1. The number of amides is 3. The van der Waals surface area contributed by atoms with E-state index in [-0.39, 0.29) is 11.9 Å². The minimum absolute atomic E-state index is 0.238. The largest absolute Gasteiger partial charge is 0.348 e. The molecule has 2 atom stereocenters. The molecule has 0 saturated heterocycles. The van der Waals surface area contributed by atoms with E-state index >= 15 is 0 Å². The lowest BCUT2D eigenvalue weighted by Gasteiger charge is -2.24. The monoisotopic (exact) mass is 400 g/mol. The summed E-state index contributed by atoms with van der Waals surface area (Å²) in [5, 5.41) is 2.86. The molecule has 0 fully saturated rings. The van der Waals surface area contributed by atoms with Crippen LogP contribution in [0.2, 0.25) is 0 Å². The molecule has 1 aliphatic heterocycles. The molecular formula is C19H17BrN2O3. The third-order valence-corrected chi connectivity index (χ3v) is 4.85. The predicted molar refractivity (Wildman–Crippen MR) is 97.1 cm³/mol. The van der Waals surface area contributed by atoms with Gasteiger partial charge in [0.1, 0.15) is 6.04 Å². The standard InChI is InChI=1S/C19H17BrN2O3/c1-11(13-7-9-14(20)10-8-13)21-17(23)12(2)22-18(24)15-5-3-4-6-16(15)19(22)25/h3-12H,1-2H3,(H,21,23)/t11-,12-/m1/s1. The van der Waals surface area contributed by atoms with Crippen molar-refractivity contribution < 1.29 is 14.4 Å². The molecule has 0 saturated carbocycles. The van der Waals surface area contributed by atoms with Gasteiger partial charge in [0.05, 0.1) is 17.2 Å². The number of rotatable bonds is 4. The Morgan fingerprint density at radius 2 is 1.48 bits per heavy atom. The number of carbonyl (C=O) groups is 3. The highest BCUT2D eigenvalue weighted by molar-refractivity contribution is 9.10. The highest BCUT2D eigenvalue weighted by Gasteiger charge is 2.40. The lowest BCUT2D eigenvalue weighted by molar-refractivity contribution is -0.125. The number of carbonyl (C=O) groups excluding carboxylic acids is 3. The number of nitrogens with one attached hydrogen (secondary N) is 1. The van der Waals surface area contributed by atoms with Crippen LogP contribution >= 0.6 is 15.9 Å². The molecule has 0 spiro atoms. The van der Waals surface area contributed by atoms with Crippen molar-refractivity contribution in [2.45, 2.75) is 25.9 Å². The van der Waals surface area contributed by atoms with Gasteiger partial charge in [0.15, 0.2) is 0 Å². The molecule has 2 aromatic rings. The van der Waals surface area contributed by atoms with Gasteiger partial charge < -0.3 is 5.32 Å². The third-order valence-electron chi connectivity index (χ3n) is 4.32. The molecule has 1 heterocycles. The summed E-state index contributed by atoms with van der Waals surface area (Å²) in [4.78, 5) is 38.5. The van der Waals surface area contributed by atoms with Gasteiger partial charge in [-0.05, 0) is 43.7 Å². The van der Waals surface area contributed by atoms with Gasteiger partial charge in [-0.1, -0.05) is 40.2 Å². The summed E-state index contributed by atoms with van der Waals surface area (Å²) in [6, 6.07) is 13.1. The van der Waals surface area contributed by atoms with Crippen molar-refractivity contribution in [3.05, 3.63) is 69.7 Å². The minimum Gasteiger partial charge on any atom is -0.348 e. The Morgan fingerprint density at radius 1 is 0.960 bits per heavy atom. The number of hydrogen-bond donors (Lipinski definition) is 1. The van der Waals surface area contributed by atoms with Crippen LogP contribution in [0.15, 0.2) is 53.0 Å². The van der Waals surface area contributed by atoms with Crippen LogP contribution in [0.25, 0.3) is 0 Å². The Labute approximate surface area is 154 Å². The van der Waals surface area contributed by atoms with Crippen molar-refractivity contribution in [1.82, 2.24) is 10.2 Å². The van der Waals surface area contributed by atoms with E-state index in [1.807, 2.05) is 31.2 Å². The van der Waals surface area contributed by atoms with Crippen molar-refractivity contribution in [1.29, 1.82) is 0 Å². The van der Waals surface area contributed by atoms with E-state index < -0.39 is 17.9 Å². The van der Waals surface area contributed by atoms with E-state index in [4.69, 9.17) is 0 Å². The first-order valence-corrected chi connectivity index (χ1v) is 8.72. The summed E-state index contributed by atoms with van der Waals surface area (Å²) in [6.45, 7) is 3.42. The van der Waals surface area contributed by atoms with Gasteiger partial charge in [-0.3, -0.25) is 19.3 Å². The molecule has 2 aromatic carbocycles. The number of imide groups is 1. The topological polar surface area (TPSA) is 66.5 Å². The zero-order valence-corrected chi connectivity index (χ0v) is 15.4. The number of hydrogen-bond acceptors (Lipinski definition) is 3. The van der Waals surface area contributed by atoms with Gasteiger partial charge in [-0.15, -0.1) is 0 Å². The zero-order valence-electron chi connectivity index (χ0n) is 13.8. The first-order valence-electron chi connectivity index (χ1n) is 7.93. The molecule has 3 amide bonds. The smallest absolute Gasteiger partial charge is 0.262 e. The summed E-state index contributed by atoms with van der Waals surface area (Å²) < 4.78 is 0.953. The van der Waals surface area contributed by atoms with Gasteiger partial charge in [0.25, 0.3) is 11.8 Å². The van der Waals surface area contributed by atoms with E-state index in [1.165, 1.54) is 0 Å². The SMILES string of the molecule is C[C@H](C(=O)N[C@H](C)c1ccc(Br)cc1)N1C(=O)c2ccccc2C1=O. The molecule has 0 aliphatic carbocycles. The minimum atomic E-state index is -0.884. The van der Waals surface area contributed by atoms with Gasteiger partial charge in [-0.25, -0.2) is 0 Å². The van der Waals surface area contributed by atoms with Crippen LogP contribution in [0, 0.1) is 0 Å². The first-order chi connectivity index (χ1) is 11.9. The summed E-state index contributed by atoms with van der Waals surface area (Å²) >= 11 is 3.37. The van der Waals surface area contributed by atoms with Gasteiger partial charge in [0.2, 0.25) is 5.91 Å². The third kappa shape index (κ3) is 3.22. The second-order valence-corrected chi connectivity index (χ2v) is 6.90. The van der Waals surface area contributed by atoms with Crippen molar-refractivity contribution in [3.8, 4) is 0 Å². The predicted octanol–water partition coefficient (Wildman–Crippen LogP) is 3.31. The van der Waals surface area contributed by atoms with Crippen LogP contribution in [0.3, 0.4) is 0 Å². The average Bonchev–Trinajstić information content (AvgIpc) is 2.86. The van der Waals surface area contributed by atoms with Gasteiger partial charge >= 0.3 is 0 Å². The molecule has 0 radical (unpaired) electrons. The first kappa shape index (κ1) is 17.4. The molecule has 0 unspecified atom stereocenters. The molecule has 128 valence electrons. The maximum absolute atomic E-state index is 12.6. The normalized spacial score (nSPS) is 15.7. The maximum atomic E-state index is 12.6. The highest BCUT2D eigenvalue weighted by Crippen LogP contribution is 2.25. The van der Waals surface area contributed by atoms with Crippen LogP contribution < -0.4 is 5.32 Å². The maximum Gasteiger partial charge on any atom is 0.262 e. The fraction of sp³-hybridized carbons (Fsp3) is 0.211. The second-order valence-electron chi connectivity index (χ2n) is 5.98. The van der Waals surface area contributed by atoms with Crippen LogP contribution in [-0.2, 0) is 4.79 Å². The average molecular weight is 401 g/mol. The molecular weight excluding hydrogens is 384 g/mol. The van der Waals surface area contributed by atoms with Gasteiger partial charge in [-0.2, -0.15) is 0 Å². The van der Waals surface area contributed by atoms with Crippen LogP contribution in [0.1, 0.15) is 46.2 Å². The molecule has 1 aliphatic rings. The molecule has 0 bridgehead atoms. The molecule has 0 aromatic heterocycles. The van der Waals surface area contributed by atoms with Crippen molar-refractivity contribution >= 4 is 33.7 Å². The number of fused-ring (bicyclic) bond motifs is 1. The lowest BCUT2D eigenvalue weighted by atomic mass is 10.1. The summed E-state index contributed by atoms with van der Waals surface area (Å²) in [5.41, 5.74) is 1.62. The van der Waals surface area contributed by atoms with E-state index in [9.17, 15) is 14.4 Å². The lowest BCUT2D eigenvalue weighted by Crippen LogP contribution is -2.48. The van der Waals surface area contributed by atoms with E-state index in [2.05, 4.69) is 21.2 Å². The highest BCUT2D eigenvalue weighted by atomic mass is 79.9. The van der Waals surface area contributed by atoms with E-state index in [1.54, 1.807) is 31.2 Å². The van der Waals surface area contributed by atoms with Crippen molar-refractivity contribution in [2.75, 3.05) is 0 Å². The molecule has 25 heavy (non-hydrogen) atoms. The second kappa shape index (κ2) is 6.80. The van der Waals surface area contributed by atoms with Crippen molar-refractivity contribution in [3.63, 3.8) is 0 Å². The van der Waals surface area contributed by atoms with Crippen LogP contribution in [0.4, 0.5) is 0 Å². The van der Waals surface area contributed by atoms with Gasteiger partial charge in [0, 0.05) is 4.47 Å². The number of nitrogens with zero attached hydrogens (tertiary/aromatic N) is 1. The summed E-state index contributed by atoms with van der Waals surface area (Å²) in [7, 11) is 0. The zero-order chi connectivity index (χ0) is 18.1. The molecule has 5 nitrogen and oxygen atoms in total. The van der Waals surface area contributed by atoms with E-state index in [0.717, 1.165) is 14.9 Å². The Kier molecular flexibility index (Phi) is 4.72.